The van der Waals surface area contributed by atoms with E-state index in [0.29, 0.717) is 6.42 Å². The fourth-order valence-electron chi connectivity index (χ4n) is 2.18. The molecule has 1 unspecified atom stereocenters. The van der Waals surface area contributed by atoms with Crippen LogP contribution in [0.25, 0.3) is 0 Å². The highest BCUT2D eigenvalue weighted by Crippen LogP contribution is 2.16. The number of carbonyl (C=O) groups is 1. The molecule has 0 bridgehead atoms. The quantitative estimate of drug-likeness (QED) is 0.354. The van der Waals surface area contributed by atoms with Gasteiger partial charge in [-0.1, -0.05) is 71.1 Å². The molecule has 3 nitrogen and oxygen atoms in total. The molecule has 0 saturated carbocycles. The van der Waals surface area contributed by atoms with Crippen molar-refractivity contribution < 1.29 is 9.90 Å². The number of unbranched alkanes of at least 4 members (excludes halogenated alkanes) is 9. The summed E-state index contributed by atoms with van der Waals surface area (Å²) >= 11 is 4.03. The van der Waals surface area contributed by atoms with Crippen LogP contribution in [0, 0.1) is 0 Å². The van der Waals surface area contributed by atoms with Crippen LogP contribution >= 0.6 is 12.6 Å². The Morgan fingerprint density at radius 1 is 1.00 bits per heavy atom. The largest absolute Gasteiger partial charge is 0.480 e. The molecule has 3 N–H and O–H groups in total. The minimum atomic E-state index is -1.14. The number of nitrogens with two attached hydrogens (primary N) is 1. The van der Waals surface area contributed by atoms with Crippen molar-refractivity contribution in [3.05, 3.63) is 0 Å². The van der Waals surface area contributed by atoms with Gasteiger partial charge in [-0.2, -0.15) is 12.6 Å². The van der Waals surface area contributed by atoms with Crippen LogP contribution < -0.4 is 5.73 Å². The molecule has 0 aromatic rings. The SMILES string of the molecule is CCCCCCCCCCCCC(N)(CS)C(=O)O. The molecule has 0 fully saturated rings. The van der Waals surface area contributed by atoms with Gasteiger partial charge >= 0.3 is 5.97 Å². The fraction of sp³-hybridized carbons (Fsp3) is 0.933. The lowest BCUT2D eigenvalue weighted by molar-refractivity contribution is -0.142. The third kappa shape index (κ3) is 9.33. The van der Waals surface area contributed by atoms with Gasteiger partial charge in [0, 0.05) is 5.75 Å². The second kappa shape index (κ2) is 11.6. The second-order valence-electron chi connectivity index (χ2n) is 5.55. The fourth-order valence-corrected chi connectivity index (χ4v) is 2.47. The summed E-state index contributed by atoms with van der Waals surface area (Å²) in [5, 5.41) is 9.00. The molecule has 0 heterocycles. The Bertz CT molecular complexity index is 236. The molecule has 0 rings (SSSR count). The van der Waals surface area contributed by atoms with Crippen molar-refractivity contribution in [1.29, 1.82) is 0 Å². The highest BCUT2D eigenvalue weighted by Gasteiger charge is 2.31. The van der Waals surface area contributed by atoms with Crippen LogP contribution in [0.15, 0.2) is 0 Å². The second-order valence-corrected chi connectivity index (χ2v) is 5.87. The Kier molecular flexibility index (Phi) is 11.5. The van der Waals surface area contributed by atoms with E-state index in [1.54, 1.807) is 0 Å². The standard InChI is InChI=1S/C15H31NO2S/c1-2-3-4-5-6-7-8-9-10-11-12-15(16,13-19)14(17)18/h19H,2-13,16H2,1H3,(H,17,18). The Labute approximate surface area is 123 Å². The van der Waals surface area contributed by atoms with Crippen molar-refractivity contribution in [3.8, 4) is 0 Å². The van der Waals surface area contributed by atoms with Gasteiger partial charge < -0.3 is 10.8 Å². The van der Waals surface area contributed by atoms with Gasteiger partial charge in [0.15, 0.2) is 0 Å². The Hall–Kier alpha value is -0.220. The Morgan fingerprint density at radius 3 is 1.79 bits per heavy atom. The summed E-state index contributed by atoms with van der Waals surface area (Å²) in [7, 11) is 0. The summed E-state index contributed by atoms with van der Waals surface area (Å²) in [6, 6.07) is 0. The molecular weight excluding hydrogens is 258 g/mol. The molecule has 0 saturated heterocycles. The van der Waals surface area contributed by atoms with Gasteiger partial charge in [0.25, 0.3) is 0 Å². The molecule has 0 spiro atoms. The van der Waals surface area contributed by atoms with E-state index in [2.05, 4.69) is 19.6 Å². The molecule has 0 aromatic carbocycles. The van der Waals surface area contributed by atoms with Crippen molar-refractivity contribution in [2.45, 2.75) is 83.1 Å². The third-order valence-corrected chi connectivity index (χ3v) is 4.25. The summed E-state index contributed by atoms with van der Waals surface area (Å²) < 4.78 is 0. The number of hydrogen-bond donors (Lipinski definition) is 3. The predicted octanol–water partition coefficient (Wildman–Crippen LogP) is 4.01. The normalized spacial score (nSPS) is 14.3. The molecule has 0 aliphatic heterocycles. The minimum Gasteiger partial charge on any atom is -0.480 e. The topological polar surface area (TPSA) is 63.3 Å². The van der Waals surface area contributed by atoms with E-state index in [4.69, 9.17) is 10.8 Å². The van der Waals surface area contributed by atoms with E-state index in [-0.39, 0.29) is 5.75 Å². The first-order valence-electron chi connectivity index (χ1n) is 7.70. The Morgan fingerprint density at radius 2 is 1.42 bits per heavy atom. The number of carboxylic acid groups (broad SMARTS) is 1. The number of rotatable bonds is 13. The maximum absolute atomic E-state index is 11.0. The lowest BCUT2D eigenvalue weighted by atomic mass is 9.95. The van der Waals surface area contributed by atoms with Gasteiger partial charge in [0.05, 0.1) is 0 Å². The van der Waals surface area contributed by atoms with Gasteiger partial charge in [0.2, 0.25) is 0 Å². The van der Waals surface area contributed by atoms with Crippen molar-refractivity contribution in [3.63, 3.8) is 0 Å². The van der Waals surface area contributed by atoms with Gasteiger partial charge in [-0.3, -0.25) is 4.79 Å². The van der Waals surface area contributed by atoms with E-state index >= 15 is 0 Å². The van der Waals surface area contributed by atoms with Crippen LogP contribution in [-0.4, -0.2) is 22.4 Å². The third-order valence-electron chi connectivity index (χ3n) is 3.68. The van der Waals surface area contributed by atoms with Crippen LogP contribution in [0.2, 0.25) is 0 Å². The molecule has 4 heteroatoms. The predicted molar refractivity (Wildman–Crippen MR) is 84.9 cm³/mol. The molecule has 0 amide bonds. The average molecular weight is 289 g/mol. The van der Waals surface area contributed by atoms with E-state index < -0.39 is 11.5 Å². The van der Waals surface area contributed by atoms with Crippen molar-refractivity contribution in [2.75, 3.05) is 5.75 Å². The first kappa shape index (κ1) is 18.8. The summed E-state index contributed by atoms with van der Waals surface area (Å²) in [4.78, 5) is 11.0. The van der Waals surface area contributed by atoms with Gasteiger partial charge in [-0.25, -0.2) is 0 Å². The highest BCUT2D eigenvalue weighted by molar-refractivity contribution is 7.80. The number of thiol groups is 1. The van der Waals surface area contributed by atoms with Crippen molar-refractivity contribution >= 4 is 18.6 Å². The lowest BCUT2D eigenvalue weighted by Crippen LogP contribution is -2.49. The van der Waals surface area contributed by atoms with Gasteiger partial charge in [0.1, 0.15) is 5.54 Å². The minimum absolute atomic E-state index is 0.208. The summed E-state index contributed by atoms with van der Waals surface area (Å²) in [6.07, 6.45) is 13.0. The smallest absolute Gasteiger partial charge is 0.324 e. The van der Waals surface area contributed by atoms with Crippen LogP contribution in [0.4, 0.5) is 0 Å². The zero-order chi connectivity index (χ0) is 14.6. The van der Waals surface area contributed by atoms with E-state index in [1.165, 1.54) is 51.4 Å². The van der Waals surface area contributed by atoms with Gasteiger partial charge in [-0.15, -0.1) is 0 Å². The molecule has 0 aliphatic carbocycles. The molecular formula is C15H31NO2S. The van der Waals surface area contributed by atoms with E-state index in [0.717, 1.165) is 12.8 Å². The monoisotopic (exact) mass is 289 g/mol. The van der Waals surface area contributed by atoms with E-state index in [1.807, 2.05) is 0 Å². The first-order valence-corrected chi connectivity index (χ1v) is 8.33. The van der Waals surface area contributed by atoms with E-state index in [9.17, 15) is 4.79 Å². The van der Waals surface area contributed by atoms with Crippen molar-refractivity contribution in [2.24, 2.45) is 5.73 Å². The zero-order valence-electron chi connectivity index (χ0n) is 12.4. The average Bonchev–Trinajstić information content (AvgIpc) is 2.40. The van der Waals surface area contributed by atoms with Crippen molar-refractivity contribution in [1.82, 2.24) is 0 Å². The number of hydrogen-bond acceptors (Lipinski definition) is 3. The highest BCUT2D eigenvalue weighted by atomic mass is 32.1. The Balaban J connectivity index is 3.38. The molecule has 19 heavy (non-hydrogen) atoms. The molecule has 0 radical (unpaired) electrons. The molecule has 1 atom stereocenters. The van der Waals surface area contributed by atoms with Crippen LogP contribution in [0.5, 0.6) is 0 Å². The zero-order valence-corrected chi connectivity index (χ0v) is 13.3. The summed E-state index contributed by atoms with van der Waals surface area (Å²) in [6.45, 7) is 2.24. The van der Waals surface area contributed by atoms with Crippen LogP contribution in [-0.2, 0) is 4.79 Å². The maximum atomic E-state index is 11.0. The summed E-state index contributed by atoms with van der Waals surface area (Å²) in [5.74, 6) is -0.724. The van der Waals surface area contributed by atoms with Crippen LogP contribution in [0.1, 0.15) is 77.6 Å². The van der Waals surface area contributed by atoms with Gasteiger partial charge in [-0.05, 0) is 6.42 Å². The maximum Gasteiger partial charge on any atom is 0.324 e. The molecule has 0 aromatic heterocycles. The number of aliphatic carboxylic acids is 1. The first-order chi connectivity index (χ1) is 9.06. The molecule has 0 aliphatic rings. The van der Waals surface area contributed by atoms with Crippen LogP contribution in [0.3, 0.4) is 0 Å². The number of carboxylic acids is 1. The molecule has 114 valence electrons. The lowest BCUT2D eigenvalue weighted by Gasteiger charge is -2.22. The summed E-state index contributed by atoms with van der Waals surface area (Å²) in [5.41, 5.74) is 4.64.